The number of anilines is 1. The summed E-state index contributed by atoms with van der Waals surface area (Å²) in [6, 6.07) is 2.11. The molecule has 2 rings (SSSR count). The summed E-state index contributed by atoms with van der Waals surface area (Å²) in [4.78, 5) is 19.7. The fraction of sp³-hybridized carbons (Fsp3) is 0.708. The molecule has 8 heteroatoms. The Bertz CT molecular complexity index is 839. The minimum atomic E-state index is -0.681. The number of H-pyrrole nitrogens is 1. The van der Waals surface area contributed by atoms with Crippen LogP contribution in [-0.2, 0) is 16.0 Å². The molecule has 2 heterocycles. The molecule has 32 heavy (non-hydrogen) atoms. The van der Waals surface area contributed by atoms with Crippen molar-refractivity contribution in [1.29, 1.82) is 0 Å². The minimum absolute atomic E-state index is 0.213. The van der Waals surface area contributed by atoms with Crippen LogP contribution in [0.4, 0.5) is 5.82 Å². The summed E-state index contributed by atoms with van der Waals surface area (Å²) >= 11 is 3.07. The third kappa shape index (κ3) is 9.14. The summed E-state index contributed by atoms with van der Waals surface area (Å²) in [5.74, 6) is 0.795. The molecule has 2 aromatic rings. The first kappa shape index (κ1) is 26.7. The Labute approximate surface area is 201 Å². The van der Waals surface area contributed by atoms with E-state index in [2.05, 4.69) is 33.5 Å². The predicted octanol–water partition coefficient (Wildman–Crippen LogP) is 6.41. The highest BCUT2D eigenvalue weighted by atomic mass is 32.2. The van der Waals surface area contributed by atoms with Gasteiger partial charge in [-0.2, -0.15) is 5.10 Å². The number of unbranched alkanes of at least 4 members (excludes halogenated alkanes) is 4. The van der Waals surface area contributed by atoms with Gasteiger partial charge in [0.15, 0.2) is 10.2 Å². The number of thioether (sulfide) groups is 1. The number of hydrogen-bond donors (Lipinski definition) is 1. The second kappa shape index (κ2) is 12.1. The molecule has 0 aliphatic rings. The average Bonchev–Trinajstić information content (AvgIpc) is 3.31. The summed E-state index contributed by atoms with van der Waals surface area (Å²) in [5.41, 5.74) is 1.64. The van der Waals surface area contributed by atoms with E-state index in [-0.39, 0.29) is 5.97 Å². The Morgan fingerprint density at radius 1 is 1.16 bits per heavy atom. The van der Waals surface area contributed by atoms with Crippen LogP contribution in [0.2, 0.25) is 0 Å². The van der Waals surface area contributed by atoms with Crippen molar-refractivity contribution < 1.29 is 9.53 Å². The molecule has 0 saturated carbocycles. The van der Waals surface area contributed by atoms with Gasteiger partial charge in [0.2, 0.25) is 0 Å². The highest BCUT2D eigenvalue weighted by Crippen LogP contribution is 2.36. The smallest absolute Gasteiger partial charge is 0.322 e. The molecule has 0 spiro atoms. The highest BCUT2D eigenvalue weighted by molar-refractivity contribution is 8.03. The first-order valence-electron chi connectivity index (χ1n) is 11.6. The van der Waals surface area contributed by atoms with Crippen LogP contribution < -0.4 is 4.90 Å². The Balaban J connectivity index is 1.94. The molecule has 0 saturated heterocycles. The minimum Gasteiger partial charge on any atom is -0.459 e. The van der Waals surface area contributed by atoms with Gasteiger partial charge >= 0.3 is 5.97 Å². The van der Waals surface area contributed by atoms with Crippen LogP contribution in [-0.4, -0.2) is 44.6 Å². The van der Waals surface area contributed by atoms with Gasteiger partial charge in [0.1, 0.15) is 10.3 Å². The molecule has 1 N–H and O–H groups in total. The van der Waals surface area contributed by atoms with Crippen molar-refractivity contribution >= 4 is 34.9 Å². The molecule has 0 aromatic carbocycles. The quantitative estimate of drug-likeness (QED) is 0.203. The van der Waals surface area contributed by atoms with Crippen molar-refractivity contribution in [3.8, 4) is 0 Å². The van der Waals surface area contributed by atoms with Crippen LogP contribution in [0.1, 0.15) is 85.0 Å². The first-order valence-corrected chi connectivity index (χ1v) is 13.3. The topological polar surface area (TPSA) is 71.1 Å². The summed E-state index contributed by atoms with van der Waals surface area (Å²) in [6.07, 6.45) is 7.14. The second-order valence-electron chi connectivity index (χ2n) is 9.78. The number of nitrogens with zero attached hydrogens (tertiary/aromatic N) is 3. The van der Waals surface area contributed by atoms with Crippen molar-refractivity contribution in [1.82, 2.24) is 15.2 Å². The van der Waals surface area contributed by atoms with Gasteiger partial charge in [-0.05, 0) is 48.0 Å². The van der Waals surface area contributed by atoms with Gasteiger partial charge in [-0.25, -0.2) is 4.98 Å². The molecule has 180 valence electrons. The standard InChI is InChI=1S/C24H40N4O2S2/c1-8-9-10-11-12-14-28(20-16-18(2)26-27-20)15-13-19-17-31-22(25-19)32-24(6,7)21(29)30-23(3,4)5/h16-17H,8-15H2,1-7H3,(H,26,27). The van der Waals surface area contributed by atoms with Gasteiger partial charge in [0, 0.05) is 36.7 Å². The van der Waals surface area contributed by atoms with Crippen molar-refractivity contribution in [3.63, 3.8) is 0 Å². The molecular formula is C24H40N4O2S2. The Morgan fingerprint density at radius 2 is 1.88 bits per heavy atom. The van der Waals surface area contributed by atoms with Crippen LogP contribution in [0.15, 0.2) is 15.8 Å². The van der Waals surface area contributed by atoms with Gasteiger partial charge in [-0.3, -0.25) is 9.89 Å². The highest BCUT2D eigenvalue weighted by Gasteiger charge is 2.34. The van der Waals surface area contributed by atoms with Crippen LogP contribution in [0.3, 0.4) is 0 Å². The molecule has 0 bridgehead atoms. The maximum atomic E-state index is 12.5. The average molecular weight is 481 g/mol. The fourth-order valence-corrected chi connectivity index (χ4v) is 5.44. The van der Waals surface area contributed by atoms with Gasteiger partial charge in [0.25, 0.3) is 0 Å². The maximum absolute atomic E-state index is 12.5. The number of aryl methyl sites for hydroxylation is 1. The number of thiazole rings is 1. The van der Waals surface area contributed by atoms with Gasteiger partial charge in [-0.15, -0.1) is 11.3 Å². The summed E-state index contributed by atoms with van der Waals surface area (Å²) < 4.78 is 5.79. The Kier molecular flexibility index (Phi) is 10.1. The van der Waals surface area contributed by atoms with E-state index in [1.54, 1.807) is 11.3 Å². The second-order valence-corrected chi connectivity index (χ2v) is 12.5. The third-order valence-corrected chi connectivity index (χ3v) is 7.11. The molecule has 0 atom stereocenters. The van der Waals surface area contributed by atoms with E-state index >= 15 is 0 Å². The Hall–Kier alpha value is -1.54. The number of aromatic amines is 1. The number of carbonyl (C=O) groups excluding carboxylic acids is 1. The summed E-state index contributed by atoms with van der Waals surface area (Å²) in [7, 11) is 0. The zero-order valence-electron chi connectivity index (χ0n) is 20.8. The molecule has 0 aliphatic heterocycles. The number of ether oxygens (including phenoxy) is 1. The summed E-state index contributed by atoms with van der Waals surface area (Å²) in [5, 5.41) is 9.64. The van der Waals surface area contributed by atoms with Crippen molar-refractivity contribution in [3.05, 3.63) is 22.8 Å². The first-order chi connectivity index (χ1) is 15.0. The van der Waals surface area contributed by atoms with Gasteiger partial charge in [-0.1, -0.05) is 44.4 Å². The van der Waals surface area contributed by atoms with E-state index < -0.39 is 10.3 Å². The zero-order valence-corrected chi connectivity index (χ0v) is 22.4. The molecule has 0 fully saturated rings. The van der Waals surface area contributed by atoms with Crippen LogP contribution in [0.5, 0.6) is 0 Å². The number of esters is 1. The van der Waals surface area contributed by atoms with E-state index in [4.69, 9.17) is 9.72 Å². The molecule has 0 amide bonds. The zero-order chi connectivity index (χ0) is 23.8. The third-order valence-electron chi connectivity index (χ3n) is 4.95. The predicted molar refractivity (Wildman–Crippen MR) is 136 cm³/mol. The van der Waals surface area contributed by atoms with E-state index in [0.29, 0.717) is 0 Å². The van der Waals surface area contributed by atoms with Crippen molar-refractivity contribution in [2.75, 3.05) is 18.0 Å². The monoisotopic (exact) mass is 480 g/mol. The van der Waals surface area contributed by atoms with Crippen LogP contribution >= 0.6 is 23.1 Å². The van der Waals surface area contributed by atoms with E-state index in [9.17, 15) is 4.79 Å². The van der Waals surface area contributed by atoms with Crippen molar-refractivity contribution in [2.24, 2.45) is 0 Å². The largest absolute Gasteiger partial charge is 0.459 e. The van der Waals surface area contributed by atoms with Gasteiger partial charge < -0.3 is 9.64 Å². The molecule has 0 radical (unpaired) electrons. The molecule has 6 nitrogen and oxygen atoms in total. The lowest BCUT2D eigenvalue weighted by atomic mass is 10.1. The number of aromatic nitrogens is 3. The van der Waals surface area contributed by atoms with Crippen LogP contribution in [0, 0.1) is 6.92 Å². The number of hydrogen-bond acceptors (Lipinski definition) is 7. The maximum Gasteiger partial charge on any atom is 0.322 e. The lowest BCUT2D eigenvalue weighted by molar-refractivity contribution is -0.156. The molecular weight excluding hydrogens is 440 g/mol. The number of carbonyl (C=O) groups is 1. The van der Waals surface area contributed by atoms with Gasteiger partial charge in [0.05, 0.1) is 5.69 Å². The van der Waals surface area contributed by atoms with Crippen LogP contribution in [0.25, 0.3) is 0 Å². The van der Waals surface area contributed by atoms with Crippen molar-refractivity contribution in [2.45, 2.75) is 102 Å². The number of nitrogens with one attached hydrogen (secondary N) is 1. The fourth-order valence-electron chi connectivity index (χ4n) is 3.17. The van der Waals surface area contributed by atoms with E-state index in [0.717, 1.165) is 41.1 Å². The SMILES string of the molecule is CCCCCCCN(CCc1csc(SC(C)(C)C(=O)OC(C)(C)C)n1)c1cc(C)[nH]n1. The molecule has 0 aliphatic carbocycles. The lowest BCUT2D eigenvalue weighted by Gasteiger charge is -2.27. The molecule has 2 aromatic heterocycles. The molecule has 0 unspecified atom stereocenters. The van der Waals surface area contributed by atoms with E-state index in [1.165, 1.54) is 43.9 Å². The summed E-state index contributed by atoms with van der Waals surface area (Å²) in [6.45, 7) is 15.6. The number of rotatable bonds is 13. The normalized spacial score (nSPS) is 12.2. The Morgan fingerprint density at radius 3 is 2.50 bits per heavy atom. The lowest BCUT2D eigenvalue weighted by Crippen LogP contribution is -2.36. The van der Waals surface area contributed by atoms with E-state index in [1.807, 2.05) is 41.5 Å².